The van der Waals surface area contributed by atoms with E-state index in [1.807, 2.05) is 0 Å². The molecule has 4 nitrogen and oxygen atoms in total. The number of aromatic nitrogens is 1. The number of carboxylic acids is 1. The molecule has 1 unspecified atom stereocenters. The maximum absolute atomic E-state index is 10.6. The Labute approximate surface area is 75.9 Å². The van der Waals surface area contributed by atoms with Crippen molar-refractivity contribution in [2.45, 2.75) is 19.4 Å². The van der Waals surface area contributed by atoms with Crippen LogP contribution in [0.3, 0.4) is 0 Å². The van der Waals surface area contributed by atoms with Gasteiger partial charge in [-0.25, -0.2) is 4.79 Å². The number of hydrogen-bond acceptors (Lipinski definition) is 3. The zero-order valence-electron chi connectivity index (χ0n) is 7.48. The van der Waals surface area contributed by atoms with E-state index in [0.717, 1.165) is 0 Å². The maximum Gasteiger partial charge on any atom is 0.341 e. The second-order valence-electron chi connectivity index (χ2n) is 3.04. The lowest BCUT2D eigenvalue weighted by Gasteiger charge is -2.17. The van der Waals surface area contributed by atoms with Gasteiger partial charge in [-0.15, -0.1) is 0 Å². The molecule has 0 amide bonds. The molecule has 2 N–H and O–H groups in total. The first-order valence-electron chi connectivity index (χ1n) is 3.84. The highest BCUT2D eigenvalue weighted by Crippen LogP contribution is 2.18. The van der Waals surface area contributed by atoms with Gasteiger partial charge in [-0.05, 0) is 26.0 Å². The third kappa shape index (κ3) is 1.84. The zero-order chi connectivity index (χ0) is 10.1. The van der Waals surface area contributed by atoms with Gasteiger partial charge in [-0.2, -0.15) is 0 Å². The summed E-state index contributed by atoms with van der Waals surface area (Å²) in [4.78, 5) is 14.6. The molecule has 0 spiro atoms. The van der Waals surface area contributed by atoms with Crippen LogP contribution < -0.4 is 0 Å². The van der Waals surface area contributed by atoms with Gasteiger partial charge in [0.2, 0.25) is 5.60 Å². The van der Waals surface area contributed by atoms with E-state index in [9.17, 15) is 9.90 Å². The van der Waals surface area contributed by atoms with Gasteiger partial charge < -0.3 is 10.2 Å². The summed E-state index contributed by atoms with van der Waals surface area (Å²) in [6.07, 6.45) is 0. The fraction of sp³-hybridized carbons (Fsp3) is 0.333. The monoisotopic (exact) mass is 181 g/mol. The number of nitrogens with zero attached hydrogens (tertiary/aromatic N) is 1. The van der Waals surface area contributed by atoms with Gasteiger partial charge in [0.15, 0.2) is 0 Å². The molecule has 0 aliphatic rings. The highest BCUT2D eigenvalue weighted by atomic mass is 16.4. The van der Waals surface area contributed by atoms with Crippen LogP contribution in [0.5, 0.6) is 0 Å². The van der Waals surface area contributed by atoms with Crippen LogP contribution in [0.4, 0.5) is 0 Å². The van der Waals surface area contributed by atoms with Crippen molar-refractivity contribution in [2.24, 2.45) is 0 Å². The van der Waals surface area contributed by atoms with Crippen molar-refractivity contribution in [3.05, 3.63) is 29.6 Å². The Hall–Kier alpha value is -1.42. The molecule has 0 aliphatic carbocycles. The molecular formula is C9H11NO3. The van der Waals surface area contributed by atoms with Crippen molar-refractivity contribution < 1.29 is 15.0 Å². The molecule has 0 bridgehead atoms. The fourth-order valence-corrected chi connectivity index (χ4v) is 0.924. The van der Waals surface area contributed by atoms with Crippen LogP contribution in [0.1, 0.15) is 18.3 Å². The van der Waals surface area contributed by atoms with Gasteiger partial charge in [0.05, 0.1) is 5.69 Å². The fourth-order valence-electron chi connectivity index (χ4n) is 0.924. The molecule has 0 aliphatic heterocycles. The van der Waals surface area contributed by atoms with Crippen molar-refractivity contribution in [2.75, 3.05) is 0 Å². The first-order valence-corrected chi connectivity index (χ1v) is 3.84. The smallest absolute Gasteiger partial charge is 0.341 e. The molecular weight excluding hydrogens is 170 g/mol. The standard InChI is InChI=1S/C9H11NO3/c1-6-4-3-5-7(10-6)9(2,13)8(11)12/h3-5,13H,1-2H3,(H,11,12). The summed E-state index contributed by atoms with van der Waals surface area (Å²) in [5, 5.41) is 18.2. The average molecular weight is 181 g/mol. The topological polar surface area (TPSA) is 70.4 Å². The van der Waals surface area contributed by atoms with Crippen LogP contribution in [0.15, 0.2) is 18.2 Å². The summed E-state index contributed by atoms with van der Waals surface area (Å²) in [6.45, 7) is 2.94. The quantitative estimate of drug-likeness (QED) is 0.704. The Balaban J connectivity index is 3.14. The lowest BCUT2D eigenvalue weighted by molar-refractivity contribution is -0.158. The number of carbonyl (C=O) groups is 1. The van der Waals surface area contributed by atoms with E-state index in [1.54, 1.807) is 19.1 Å². The minimum Gasteiger partial charge on any atom is -0.479 e. The van der Waals surface area contributed by atoms with E-state index in [2.05, 4.69) is 4.98 Å². The van der Waals surface area contributed by atoms with Gasteiger partial charge in [0.1, 0.15) is 0 Å². The van der Waals surface area contributed by atoms with Crippen molar-refractivity contribution >= 4 is 5.97 Å². The minimum atomic E-state index is -1.91. The molecule has 0 fully saturated rings. The first-order chi connectivity index (χ1) is 5.94. The van der Waals surface area contributed by atoms with Crippen LogP contribution in [-0.2, 0) is 10.4 Å². The molecule has 4 heteroatoms. The Morgan fingerprint density at radius 2 is 2.15 bits per heavy atom. The highest BCUT2D eigenvalue weighted by Gasteiger charge is 2.33. The van der Waals surface area contributed by atoms with E-state index in [-0.39, 0.29) is 5.69 Å². The molecule has 0 radical (unpaired) electrons. The second kappa shape index (κ2) is 3.14. The molecule has 13 heavy (non-hydrogen) atoms. The Morgan fingerprint density at radius 1 is 1.54 bits per heavy atom. The molecule has 0 saturated carbocycles. The number of pyridine rings is 1. The van der Waals surface area contributed by atoms with E-state index < -0.39 is 11.6 Å². The van der Waals surface area contributed by atoms with E-state index in [0.29, 0.717) is 5.69 Å². The summed E-state index contributed by atoms with van der Waals surface area (Å²) in [7, 11) is 0. The lowest BCUT2D eigenvalue weighted by atomic mass is 10.0. The Morgan fingerprint density at radius 3 is 2.62 bits per heavy atom. The van der Waals surface area contributed by atoms with Crippen molar-refractivity contribution in [1.82, 2.24) is 4.98 Å². The molecule has 1 aromatic heterocycles. The van der Waals surface area contributed by atoms with Gasteiger partial charge in [0, 0.05) is 5.69 Å². The summed E-state index contributed by atoms with van der Waals surface area (Å²) in [5.74, 6) is -1.30. The van der Waals surface area contributed by atoms with Crippen molar-refractivity contribution in [3.8, 4) is 0 Å². The number of aliphatic hydroxyl groups is 1. The number of hydrogen-bond donors (Lipinski definition) is 2. The molecule has 1 heterocycles. The predicted molar refractivity (Wildman–Crippen MR) is 46.2 cm³/mol. The molecule has 0 aromatic carbocycles. The number of aliphatic carboxylic acids is 1. The Kier molecular flexibility index (Phi) is 2.34. The largest absolute Gasteiger partial charge is 0.479 e. The molecule has 1 atom stereocenters. The van der Waals surface area contributed by atoms with E-state index in [1.165, 1.54) is 13.0 Å². The predicted octanol–water partition coefficient (Wildman–Crippen LogP) is 0.682. The SMILES string of the molecule is Cc1cccc(C(C)(O)C(=O)O)n1. The average Bonchev–Trinajstić information content (AvgIpc) is 2.04. The van der Waals surface area contributed by atoms with E-state index >= 15 is 0 Å². The van der Waals surface area contributed by atoms with Crippen LogP contribution in [0.25, 0.3) is 0 Å². The summed E-state index contributed by atoms with van der Waals surface area (Å²) < 4.78 is 0. The lowest BCUT2D eigenvalue weighted by Crippen LogP contribution is -2.32. The van der Waals surface area contributed by atoms with Crippen LogP contribution in [-0.4, -0.2) is 21.2 Å². The van der Waals surface area contributed by atoms with Gasteiger partial charge >= 0.3 is 5.97 Å². The number of aryl methyl sites for hydroxylation is 1. The molecule has 1 rings (SSSR count). The highest BCUT2D eigenvalue weighted by molar-refractivity contribution is 5.77. The third-order valence-electron chi connectivity index (χ3n) is 1.80. The third-order valence-corrected chi connectivity index (χ3v) is 1.80. The van der Waals surface area contributed by atoms with Gasteiger partial charge in [0.25, 0.3) is 0 Å². The maximum atomic E-state index is 10.6. The molecule has 70 valence electrons. The second-order valence-corrected chi connectivity index (χ2v) is 3.04. The van der Waals surface area contributed by atoms with Gasteiger partial charge in [-0.1, -0.05) is 6.07 Å². The summed E-state index contributed by atoms with van der Waals surface area (Å²) >= 11 is 0. The van der Waals surface area contributed by atoms with Crippen LogP contribution >= 0.6 is 0 Å². The zero-order valence-corrected chi connectivity index (χ0v) is 7.48. The molecule has 0 saturated heterocycles. The minimum absolute atomic E-state index is 0.153. The number of rotatable bonds is 2. The normalized spacial score (nSPS) is 15.0. The summed E-state index contributed by atoms with van der Waals surface area (Å²) in [6, 6.07) is 4.89. The van der Waals surface area contributed by atoms with Crippen molar-refractivity contribution in [3.63, 3.8) is 0 Å². The summed E-state index contributed by atoms with van der Waals surface area (Å²) in [5.41, 5.74) is -1.08. The first kappa shape index (κ1) is 9.67. The number of carboxylic acid groups (broad SMARTS) is 1. The van der Waals surface area contributed by atoms with Crippen LogP contribution in [0, 0.1) is 6.92 Å². The van der Waals surface area contributed by atoms with E-state index in [4.69, 9.17) is 5.11 Å². The molecule has 1 aromatic rings. The van der Waals surface area contributed by atoms with Crippen LogP contribution in [0.2, 0.25) is 0 Å². The van der Waals surface area contributed by atoms with Gasteiger partial charge in [-0.3, -0.25) is 4.98 Å². The van der Waals surface area contributed by atoms with Crippen molar-refractivity contribution in [1.29, 1.82) is 0 Å². The Bertz CT molecular complexity index is 333.